The number of para-hydroxylation sites is 1. The summed E-state index contributed by atoms with van der Waals surface area (Å²) in [6, 6.07) is 8.42. The molecule has 1 aliphatic carbocycles. The Morgan fingerprint density at radius 3 is 2.65 bits per heavy atom. The van der Waals surface area contributed by atoms with Crippen molar-refractivity contribution in [1.82, 2.24) is 10.3 Å². The number of aromatic nitrogens is 1. The average Bonchev–Trinajstić information content (AvgIpc) is 3.03. The lowest BCUT2D eigenvalue weighted by Crippen LogP contribution is -2.43. The molecule has 0 spiro atoms. The Balaban J connectivity index is 1.48. The van der Waals surface area contributed by atoms with Crippen LogP contribution in [0.1, 0.15) is 46.0 Å². The van der Waals surface area contributed by atoms with Crippen LogP contribution < -0.4 is 10.6 Å². The van der Waals surface area contributed by atoms with Gasteiger partial charge in [-0.15, -0.1) is 0 Å². The van der Waals surface area contributed by atoms with Crippen molar-refractivity contribution < 1.29 is 9.90 Å². The number of amides is 1. The second-order valence-electron chi connectivity index (χ2n) is 7.70. The molecular weight excluding hydrogens is 346 g/mol. The third kappa shape index (κ3) is 4.95. The van der Waals surface area contributed by atoms with Crippen LogP contribution in [0.5, 0.6) is 0 Å². The molecule has 1 fully saturated rings. The third-order valence-corrected chi connectivity index (χ3v) is 6.01. The van der Waals surface area contributed by atoms with Gasteiger partial charge >= 0.3 is 0 Å². The highest BCUT2D eigenvalue weighted by Crippen LogP contribution is 2.30. The van der Waals surface area contributed by atoms with Crippen LogP contribution in [0.4, 0.5) is 5.13 Å². The number of hydrogen-bond donors (Lipinski definition) is 3. The first kappa shape index (κ1) is 19.1. The smallest absolute Gasteiger partial charge is 0.223 e. The molecule has 1 aromatic heterocycles. The van der Waals surface area contributed by atoms with Crippen LogP contribution >= 0.6 is 11.3 Å². The molecule has 0 aliphatic heterocycles. The van der Waals surface area contributed by atoms with E-state index in [1.165, 1.54) is 4.70 Å². The summed E-state index contributed by atoms with van der Waals surface area (Å²) >= 11 is 1.69. The van der Waals surface area contributed by atoms with Crippen LogP contribution in [0.2, 0.25) is 0 Å². The van der Waals surface area contributed by atoms with E-state index >= 15 is 0 Å². The molecule has 0 saturated heterocycles. The van der Waals surface area contributed by atoms with Crippen molar-refractivity contribution in [1.29, 1.82) is 0 Å². The van der Waals surface area contributed by atoms with Crippen LogP contribution in [0.25, 0.3) is 10.2 Å². The van der Waals surface area contributed by atoms with Crippen molar-refractivity contribution in [2.24, 2.45) is 11.8 Å². The normalized spacial score (nSPS) is 21.7. The number of benzene rings is 1. The number of carbonyl (C=O) groups excluding carboxylic acids is 1. The quantitative estimate of drug-likeness (QED) is 0.688. The van der Waals surface area contributed by atoms with Crippen molar-refractivity contribution in [2.75, 3.05) is 11.9 Å². The summed E-state index contributed by atoms with van der Waals surface area (Å²) in [6.07, 6.45) is 4.53. The Morgan fingerprint density at radius 1 is 1.27 bits per heavy atom. The highest BCUT2D eigenvalue weighted by atomic mass is 32.1. The minimum Gasteiger partial charge on any atom is -0.394 e. The molecule has 1 saturated carbocycles. The summed E-state index contributed by atoms with van der Waals surface area (Å²) in [5.41, 5.74) is 1.04. The highest BCUT2D eigenvalue weighted by molar-refractivity contribution is 7.22. The van der Waals surface area contributed by atoms with Gasteiger partial charge in [0.15, 0.2) is 5.13 Å². The molecule has 6 heteroatoms. The molecule has 1 heterocycles. The minimum atomic E-state index is -0.124. The Labute approximate surface area is 159 Å². The summed E-state index contributed by atoms with van der Waals surface area (Å²) in [6.45, 7) is 4.22. The van der Waals surface area contributed by atoms with E-state index in [0.717, 1.165) is 42.8 Å². The zero-order valence-corrected chi connectivity index (χ0v) is 16.4. The van der Waals surface area contributed by atoms with Gasteiger partial charge in [-0.25, -0.2) is 4.98 Å². The first-order valence-corrected chi connectivity index (χ1v) is 10.4. The van der Waals surface area contributed by atoms with E-state index in [9.17, 15) is 9.90 Å². The van der Waals surface area contributed by atoms with Gasteiger partial charge in [-0.2, -0.15) is 0 Å². The van der Waals surface area contributed by atoms with Gasteiger partial charge in [-0.1, -0.05) is 37.3 Å². The number of thiazole rings is 1. The van der Waals surface area contributed by atoms with E-state index in [-0.39, 0.29) is 24.5 Å². The fourth-order valence-corrected chi connectivity index (χ4v) is 4.62. The molecule has 3 N–H and O–H groups in total. The van der Waals surface area contributed by atoms with E-state index in [4.69, 9.17) is 0 Å². The maximum atomic E-state index is 12.5. The minimum absolute atomic E-state index is 0.0123. The van der Waals surface area contributed by atoms with E-state index in [0.29, 0.717) is 12.0 Å². The molecule has 5 nitrogen and oxygen atoms in total. The van der Waals surface area contributed by atoms with E-state index < -0.39 is 0 Å². The van der Waals surface area contributed by atoms with Gasteiger partial charge < -0.3 is 15.7 Å². The molecule has 2 aromatic rings. The van der Waals surface area contributed by atoms with Crippen LogP contribution in [-0.2, 0) is 4.79 Å². The zero-order valence-electron chi connectivity index (χ0n) is 15.6. The Hall–Kier alpha value is -1.66. The maximum absolute atomic E-state index is 12.5. The van der Waals surface area contributed by atoms with Crippen LogP contribution in [0, 0.1) is 11.8 Å². The predicted octanol–water partition coefficient (Wildman–Crippen LogP) is 3.79. The number of hydrogen-bond acceptors (Lipinski definition) is 5. The second-order valence-corrected chi connectivity index (χ2v) is 8.73. The van der Waals surface area contributed by atoms with Crippen molar-refractivity contribution >= 4 is 32.6 Å². The number of aliphatic hydroxyl groups is 1. The molecule has 1 aliphatic rings. The van der Waals surface area contributed by atoms with Crippen LogP contribution in [-0.4, -0.2) is 34.7 Å². The zero-order chi connectivity index (χ0) is 18.5. The lowest BCUT2D eigenvalue weighted by molar-refractivity contribution is -0.127. The lowest BCUT2D eigenvalue weighted by atomic mass is 9.85. The van der Waals surface area contributed by atoms with Crippen molar-refractivity contribution in [2.45, 2.75) is 58.0 Å². The number of fused-ring (bicyclic) bond motifs is 1. The maximum Gasteiger partial charge on any atom is 0.223 e. The second kappa shape index (κ2) is 8.82. The highest BCUT2D eigenvalue weighted by Gasteiger charge is 2.28. The summed E-state index contributed by atoms with van der Waals surface area (Å²) < 4.78 is 1.20. The van der Waals surface area contributed by atoms with Gasteiger partial charge in [0.25, 0.3) is 0 Å². The fourth-order valence-electron chi connectivity index (χ4n) is 3.68. The number of nitrogens with zero attached hydrogens (tertiary/aromatic N) is 1. The van der Waals surface area contributed by atoms with Crippen molar-refractivity contribution in [3.63, 3.8) is 0 Å². The lowest BCUT2D eigenvalue weighted by Gasteiger charge is -2.29. The standard InChI is InChI=1S/C20H29N3O2S/c1-13(2)11-16(12-24)21-19(25)14-7-9-15(10-8-14)22-20-23-17-5-3-4-6-18(17)26-20/h3-6,13-16,24H,7-12H2,1-2H3,(H,21,25)(H,22,23)/t14?,15?,16-/m0/s1. The van der Waals surface area contributed by atoms with Gasteiger partial charge in [0.1, 0.15) is 0 Å². The summed E-state index contributed by atoms with van der Waals surface area (Å²) in [5.74, 6) is 0.619. The van der Waals surface area contributed by atoms with Gasteiger partial charge in [-0.05, 0) is 50.2 Å². The van der Waals surface area contributed by atoms with Crippen LogP contribution in [0.3, 0.4) is 0 Å². The Kier molecular flexibility index (Phi) is 6.48. The number of carbonyl (C=O) groups is 1. The molecular formula is C20H29N3O2S. The van der Waals surface area contributed by atoms with Gasteiger partial charge in [-0.3, -0.25) is 4.79 Å². The largest absolute Gasteiger partial charge is 0.394 e. The first-order chi connectivity index (χ1) is 12.5. The molecule has 1 aromatic carbocycles. The van der Waals surface area contributed by atoms with Crippen LogP contribution in [0.15, 0.2) is 24.3 Å². The summed E-state index contributed by atoms with van der Waals surface area (Å²) in [7, 11) is 0. The fraction of sp³-hybridized carbons (Fsp3) is 0.600. The summed E-state index contributed by atoms with van der Waals surface area (Å²) in [4.78, 5) is 17.1. The topological polar surface area (TPSA) is 74.2 Å². The number of rotatable bonds is 7. The monoisotopic (exact) mass is 375 g/mol. The van der Waals surface area contributed by atoms with E-state index in [1.54, 1.807) is 11.3 Å². The van der Waals surface area contributed by atoms with E-state index in [2.05, 4.69) is 35.5 Å². The summed E-state index contributed by atoms with van der Waals surface area (Å²) in [5, 5.41) is 17.0. The number of nitrogens with one attached hydrogen (secondary N) is 2. The number of aliphatic hydroxyl groups excluding tert-OH is 1. The van der Waals surface area contributed by atoms with Gasteiger partial charge in [0, 0.05) is 12.0 Å². The number of anilines is 1. The molecule has 0 unspecified atom stereocenters. The third-order valence-electron chi connectivity index (χ3n) is 5.04. The molecule has 142 valence electrons. The SMILES string of the molecule is CC(C)C[C@@H](CO)NC(=O)C1CCC(Nc2nc3ccccc3s2)CC1. The average molecular weight is 376 g/mol. The van der Waals surface area contributed by atoms with Gasteiger partial charge in [0.05, 0.1) is 22.9 Å². The van der Waals surface area contributed by atoms with Crippen molar-refractivity contribution in [3.8, 4) is 0 Å². The molecule has 26 heavy (non-hydrogen) atoms. The Bertz CT molecular complexity index is 690. The van der Waals surface area contributed by atoms with Gasteiger partial charge in [0.2, 0.25) is 5.91 Å². The van der Waals surface area contributed by atoms with Crippen molar-refractivity contribution in [3.05, 3.63) is 24.3 Å². The first-order valence-electron chi connectivity index (χ1n) is 9.58. The molecule has 3 rings (SSSR count). The predicted molar refractivity (Wildman–Crippen MR) is 107 cm³/mol. The van der Waals surface area contributed by atoms with E-state index in [1.807, 2.05) is 18.2 Å². The Morgan fingerprint density at radius 2 is 2.00 bits per heavy atom. The molecule has 1 atom stereocenters. The molecule has 0 radical (unpaired) electrons. The molecule has 1 amide bonds. The molecule has 0 bridgehead atoms.